The minimum atomic E-state index is -0.377. The molecular weight excluding hydrogens is 188 g/mol. The van der Waals surface area contributed by atoms with Crippen LogP contribution in [0.4, 0.5) is 0 Å². The maximum atomic E-state index is 10.4. The standard InChI is InChI=1S/C13H22O2/c1-13(8-4-2-5-9-13)12(14)11-7-3-6-10-15-11/h7,12,14H,2-6,8-10H2,1H3. The van der Waals surface area contributed by atoms with Gasteiger partial charge < -0.3 is 9.84 Å². The van der Waals surface area contributed by atoms with Crippen molar-refractivity contribution in [2.24, 2.45) is 5.41 Å². The van der Waals surface area contributed by atoms with Gasteiger partial charge in [-0.3, -0.25) is 0 Å². The number of hydrogen-bond donors (Lipinski definition) is 1. The number of ether oxygens (including phenoxy) is 1. The maximum Gasteiger partial charge on any atom is 0.121 e. The third kappa shape index (κ3) is 2.36. The van der Waals surface area contributed by atoms with Gasteiger partial charge >= 0.3 is 0 Å². The monoisotopic (exact) mass is 210 g/mol. The van der Waals surface area contributed by atoms with Crippen LogP contribution in [0.5, 0.6) is 0 Å². The molecule has 0 saturated heterocycles. The number of rotatable bonds is 2. The van der Waals surface area contributed by atoms with E-state index in [9.17, 15) is 5.11 Å². The molecule has 1 atom stereocenters. The molecule has 86 valence electrons. The van der Waals surface area contributed by atoms with E-state index in [0.29, 0.717) is 0 Å². The first-order valence-corrected chi connectivity index (χ1v) is 6.23. The third-order valence-corrected chi connectivity index (χ3v) is 3.89. The Balaban J connectivity index is 2.04. The van der Waals surface area contributed by atoms with Crippen molar-refractivity contribution in [3.63, 3.8) is 0 Å². The van der Waals surface area contributed by atoms with Crippen molar-refractivity contribution in [2.45, 2.75) is 58.0 Å². The molecule has 0 bridgehead atoms. The Bertz CT molecular complexity index is 239. The molecular formula is C13H22O2. The molecule has 1 aliphatic carbocycles. The van der Waals surface area contributed by atoms with Crippen LogP contribution in [0.2, 0.25) is 0 Å². The van der Waals surface area contributed by atoms with Crippen molar-refractivity contribution in [2.75, 3.05) is 6.61 Å². The Morgan fingerprint density at radius 3 is 2.60 bits per heavy atom. The molecule has 1 unspecified atom stereocenters. The van der Waals surface area contributed by atoms with Crippen molar-refractivity contribution < 1.29 is 9.84 Å². The Morgan fingerprint density at radius 2 is 2.00 bits per heavy atom. The fraction of sp³-hybridized carbons (Fsp3) is 0.846. The summed E-state index contributed by atoms with van der Waals surface area (Å²) in [6.07, 6.45) is 9.94. The zero-order valence-electron chi connectivity index (χ0n) is 9.67. The quantitative estimate of drug-likeness (QED) is 0.759. The predicted octanol–water partition coefficient (Wildman–Crippen LogP) is 3.01. The second-order valence-electron chi connectivity index (χ2n) is 5.21. The molecule has 0 radical (unpaired) electrons. The van der Waals surface area contributed by atoms with E-state index in [1.807, 2.05) is 0 Å². The first-order chi connectivity index (χ1) is 7.22. The molecule has 0 spiro atoms. The van der Waals surface area contributed by atoms with Crippen LogP contribution in [0.15, 0.2) is 11.8 Å². The molecule has 1 saturated carbocycles. The number of hydrogen-bond acceptors (Lipinski definition) is 2. The minimum absolute atomic E-state index is 0.0570. The fourth-order valence-corrected chi connectivity index (χ4v) is 2.74. The highest BCUT2D eigenvalue weighted by molar-refractivity contribution is 5.08. The van der Waals surface area contributed by atoms with Crippen LogP contribution < -0.4 is 0 Å². The highest BCUT2D eigenvalue weighted by Crippen LogP contribution is 2.41. The zero-order chi connectivity index (χ0) is 10.7. The van der Waals surface area contributed by atoms with E-state index in [-0.39, 0.29) is 11.5 Å². The van der Waals surface area contributed by atoms with E-state index in [2.05, 4.69) is 13.0 Å². The summed E-state index contributed by atoms with van der Waals surface area (Å²) in [5.41, 5.74) is 0.0570. The molecule has 0 aromatic rings. The van der Waals surface area contributed by atoms with E-state index >= 15 is 0 Å². The van der Waals surface area contributed by atoms with Crippen LogP contribution in [0.1, 0.15) is 51.9 Å². The van der Waals surface area contributed by atoms with E-state index in [4.69, 9.17) is 4.74 Å². The SMILES string of the molecule is CC1(C(O)C2=CCCCO2)CCCCC1. The summed E-state index contributed by atoms with van der Waals surface area (Å²) in [6, 6.07) is 0. The van der Waals surface area contributed by atoms with Crippen LogP contribution in [-0.4, -0.2) is 17.8 Å². The van der Waals surface area contributed by atoms with Gasteiger partial charge in [0, 0.05) is 5.41 Å². The summed E-state index contributed by atoms with van der Waals surface area (Å²) in [4.78, 5) is 0. The molecule has 15 heavy (non-hydrogen) atoms. The first-order valence-electron chi connectivity index (χ1n) is 6.23. The topological polar surface area (TPSA) is 29.5 Å². The third-order valence-electron chi connectivity index (χ3n) is 3.89. The Morgan fingerprint density at radius 1 is 1.27 bits per heavy atom. The average Bonchev–Trinajstić information content (AvgIpc) is 2.30. The summed E-state index contributed by atoms with van der Waals surface area (Å²) in [6.45, 7) is 2.98. The van der Waals surface area contributed by atoms with Crippen molar-refractivity contribution in [1.82, 2.24) is 0 Å². The van der Waals surface area contributed by atoms with Crippen molar-refractivity contribution in [3.05, 3.63) is 11.8 Å². The largest absolute Gasteiger partial charge is 0.495 e. The van der Waals surface area contributed by atoms with Gasteiger partial charge in [0.2, 0.25) is 0 Å². The van der Waals surface area contributed by atoms with Gasteiger partial charge in [-0.1, -0.05) is 26.2 Å². The number of aliphatic hydroxyl groups excluding tert-OH is 1. The lowest BCUT2D eigenvalue weighted by atomic mass is 9.71. The van der Waals surface area contributed by atoms with Gasteiger partial charge in [0.15, 0.2) is 0 Å². The van der Waals surface area contributed by atoms with Gasteiger partial charge in [0.1, 0.15) is 11.9 Å². The second kappa shape index (κ2) is 4.56. The molecule has 0 aromatic carbocycles. The zero-order valence-corrected chi connectivity index (χ0v) is 9.67. The minimum Gasteiger partial charge on any atom is -0.495 e. The lowest BCUT2D eigenvalue weighted by molar-refractivity contribution is -0.0112. The summed E-state index contributed by atoms with van der Waals surface area (Å²) in [5.74, 6) is 0.839. The van der Waals surface area contributed by atoms with E-state index in [1.165, 1.54) is 19.3 Å². The van der Waals surface area contributed by atoms with Crippen LogP contribution in [-0.2, 0) is 4.74 Å². The Hall–Kier alpha value is -0.500. The molecule has 0 amide bonds. The summed E-state index contributed by atoms with van der Waals surface area (Å²) < 4.78 is 5.57. The molecule has 2 heteroatoms. The van der Waals surface area contributed by atoms with Gasteiger partial charge in [-0.25, -0.2) is 0 Å². The predicted molar refractivity (Wildman–Crippen MR) is 60.5 cm³/mol. The van der Waals surface area contributed by atoms with E-state index in [1.54, 1.807) is 0 Å². The molecule has 2 rings (SSSR count). The van der Waals surface area contributed by atoms with Crippen LogP contribution in [0.3, 0.4) is 0 Å². The van der Waals surface area contributed by atoms with Gasteiger partial charge in [0.05, 0.1) is 6.61 Å². The molecule has 1 N–H and O–H groups in total. The van der Waals surface area contributed by atoms with Gasteiger partial charge in [-0.05, 0) is 31.8 Å². The van der Waals surface area contributed by atoms with Crippen molar-refractivity contribution in [3.8, 4) is 0 Å². The van der Waals surface area contributed by atoms with Crippen molar-refractivity contribution in [1.29, 1.82) is 0 Å². The lowest BCUT2D eigenvalue weighted by Crippen LogP contribution is -2.37. The van der Waals surface area contributed by atoms with Gasteiger partial charge in [-0.15, -0.1) is 0 Å². The van der Waals surface area contributed by atoms with Gasteiger partial charge in [-0.2, -0.15) is 0 Å². The maximum absolute atomic E-state index is 10.4. The summed E-state index contributed by atoms with van der Waals surface area (Å²) >= 11 is 0. The fourth-order valence-electron chi connectivity index (χ4n) is 2.74. The molecule has 2 aliphatic rings. The summed E-state index contributed by atoms with van der Waals surface area (Å²) in [5, 5.41) is 10.4. The molecule has 0 aromatic heterocycles. The highest BCUT2D eigenvalue weighted by atomic mass is 16.5. The summed E-state index contributed by atoms with van der Waals surface area (Å²) in [7, 11) is 0. The highest BCUT2D eigenvalue weighted by Gasteiger charge is 2.37. The molecule has 2 nitrogen and oxygen atoms in total. The second-order valence-corrected chi connectivity index (χ2v) is 5.21. The van der Waals surface area contributed by atoms with Gasteiger partial charge in [0.25, 0.3) is 0 Å². The van der Waals surface area contributed by atoms with E-state index < -0.39 is 0 Å². The van der Waals surface area contributed by atoms with Crippen LogP contribution in [0.25, 0.3) is 0 Å². The number of aliphatic hydroxyl groups is 1. The normalized spacial score (nSPS) is 27.7. The molecule has 1 aliphatic heterocycles. The first kappa shape index (κ1) is 11.0. The average molecular weight is 210 g/mol. The van der Waals surface area contributed by atoms with Crippen LogP contribution >= 0.6 is 0 Å². The molecule has 1 heterocycles. The Kier molecular flexibility index (Phi) is 3.35. The molecule has 1 fully saturated rings. The van der Waals surface area contributed by atoms with Crippen LogP contribution in [0, 0.1) is 5.41 Å². The number of allylic oxidation sites excluding steroid dienone is 1. The Labute approximate surface area is 92.3 Å². The smallest absolute Gasteiger partial charge is 0.121 e. The van der Waals surface area contributed by atoms with Crippen molar-refractivity contribution >= 4 is 0 Å². The van der Waals surface area contributed by atoms with E-state index in [0.717, 1.165) is 38.0 Å². The lowest BCUT2D eigenvalue weighted by Gasteiger charge is -2.39.